The number of hydrogen-bond acceptors (Lipinski definition) is 5. The standard InChI is InChI=1S/C24H22N4O3/c1-16(2)18-7-9-19(10-8-18)21(29)15-27-20-6-4-12-26-22(20)23(30)28(24(27)31)14-17-5-3-11-25-13-17/h3-13,16H,14-15H2,1-2H3. The van der Waals surface area contributed by atoms with Crippen molar-refractivity contribution in [3.8, 4) is 0 Å². The summed E-state index contributed by atoms with van der Waals surface area (Å²) in [4.78, 5) is 47.4. The molecule has 4 rings (SSSR count). The third-order valence-electron chi connectivity index (χ3n) is 5.25. The van der Waals surface area contributed by atoms with Crippen LogP contribution in [-0.2, 0) is 13.1 Å². The molecule has 0 unspecified atom stereocenters. The van der Waals surface area contributed by atoms with Crippen LogP contribution in [0.3, 0.4) is 0 Å². The summed E-state index contributed by atoms with van der Waals surface area (Å²) < 4.78 is 2.42. The van der Waals surface area contributed by atoms with Gasteiger partial charge in [0, 0.05) is 24.2 Å². The van der Waals surface area contributed by atoms with Crippen LogP contribution in [-0.4, -0.2) is 24.9 Å². The highest BCUT2D eigenvalue weighted by Gasteiger charge is 2.17. The Kier molecular flexibility index (Phi) is 5.58. The van der Waals surface area contributed by atoms with Crippen LogP contribution in [0.15, 0.2) is 76.7 Å². The van der Waals surface area contributed by atoms with Crippen molar-refractivity contribution in [2.45, 2.75) is 32.9 Å². The lowest BCUT2D eigenvalue weighted by atomic mass is 10.0. The number of hydrogen-bond donors (Lipinski definition) is 0. The average molecular weight is 414 g/mol. The Morgan fingerprint density at radius 1 is 0.968 bits per heavy atom. The van der Waals surface area contributed by atoms with Crippen molar-refractivity contribution < 1.29 is 4.79 Å². The molecule has 156 valence electrons. The first-order valence-electron chi connectivity index (χ1n) is 10.1. The molecule has 7 nitrogen and oxygen atoms in total. The minimum absolute atomic E-state index is 0.0509. The molecule has 3 aromatic heterocycles. The molecule has 4 aromatic rings. The van der Waals surface area contributed by atoms with Gasteiger partial charge in [-0.15, -0.1) is 0 Å². The van der Waals surface area contributed by atoms with Crippen molar-refractivity contribution in [3.63, 3.8) is 0 Å². The summed E-state index contributed by atoms with van der Waals surface area (Å²) in [5.41, 5.74) is 1.79. The molecule has 0 radical (unpaired) electrons. The number of benzene rings is 1. The van der Waals surface area contributed by atoms with E-state index >= 15 is 0 Å². The fraction of sp³-hybridized carbons (Fsp3) is 0.208. The minimum Gasteiger partial charge on any atom is -0.292 e. The van der Waals surface area contributed by atoms with Crippen LogP contribution in [0, 0.1) is 0 Å². The molecule has 0 N–H and O–H groups in total. The zero-order valence-electron chi connectivity index (χ0n) is 17.4. The number of carbonyl (C=O) groups is 1. The lowest BCUT2D eigenvalue weighted by Crippen LogP contribution is -2.41. The van der Waals surface area contributed by atoms with Gasteiger partial charge >= 0.3 is 5.69 Å². The van der Waals surface area contributed by atoms with Gasteiger partial charge in [-0.05, 0) is 35.2 Å². The molecule has 1 aromatic carbocycles. The lowest BCUT2D eigenvalue weighted by molar-refractivity contribution is 0.0971. The second-order valence-corrected chi connectivity index (χ2v) is 7.69. The van der Waals surface area contributed by atoms with E-state index in [9.17, 15) is 14.4 Å². The molecule has 3 heterocycles. The zero-order chi connectivity index (χ0) is 22.0. The number of pyridine rings is 2. The van der Waals surface area contributed by atoms with Crippen molar-refractivity contribution in [1.82, 2.24) is 19.1 Å². The molecule has 0 spiro atoms. The van der Waals surface area contributed by atoms with E-state index in [2.05, 4.69) is 23.8 Å². The summed E-state index contributed by atoms with van der Waals surface area (Å²) in [6.45, 7) is 4.03. The van der Waals surface area contributed by atoms with Gasteiger partial charge in [-0.2, -0.15) is 0 Å². The minimum atomic E-state index is -0.554. The number of ketones is 1. The van der Waals surface area contributed by atoms with Gasteiger partial charge in [-0.25, -0.2) is 9.78 Å². The van der Waals surface area contributed by atoms with Crippen molar-refractivity contribution in [3.05, 3.63) is 105 Å². The lowest BCUT2D eigenvalue weighted by Gasteiger charge is -2.13. The maximum atomic E-state index is 13.2. The van der Waals surface area contributed by atoms with Crippen LogP contribution < -0.4 is 11.2 Å². The van der Waals surface area contributed by atoms with E-state index in [0.717, 1.165) is 10.1 Å². The van der Waals surface area contributed by atoms with Crippen LogP contribution in [0.5, 0.6) is 0 Å². The number of fused-ring (bicyclic) bond motifs is 1. The number of Topliss-reactive ketones (excluding diaryl/α,β-unsaturated/α-hetero) is 1. The highest BCUT2D eigenvalue weighted by Crippen LogP contribution is 2.15. The first-order valence-corrected chi connectivity index (χ1v) is 10.1. The fourth-order valence-corrected chi connectivity index (χ4v) is 3.50. The Hall–Kier alpha value is -3.87. The maximum Gasteiger partial charge on any atom is 0.332 e. The first-order chi connectivity index (χ1) is 15.0. The molecule has 0 aliphatic heterocycles. The van der Waals surface area contributed by atoms with Crippen LogP contribution in [0.1, 0.15) is 41.3 Å². The van der Waals surface area contributed by atoms with E-state index in [1.807, 2.05) is 12.1 Å². The molecular formula is C24H22N4O3. The van der Waals surface area contributed by atoms with Crippen LogP contribution in [0.25, 0.3) is 11.0 Å². The predicted octanol–water partition coefficient (Wildman–Crippen LogP) is 3.01. The number of aromatic nitrogens is 4. The second-order valence-electron chi connectivity index (χ2n) is 7.69. The van der Waals surface area contributed by atoms with Crippen molar-refractivity contribution in [1.29, 1.82) is 0 Å². The third-order valence-corrected chi connectivity index (χ3v) is 5.25. The highest BCUT2D eigenvalue weighted by molar-refractivity contribution is 5.96. The van der Waals surface area contributed by atoms with Gasteiger partial charge in [0.25, 0.3) is 5.56 Å². The van der Waals surface area contributed by atoms with E-state index in [1.54, 1.807) is 48.8 Å². The Morgan fingerprint density at radius 2 is 1.71 bits per heavy atom. The van der Waals surface area contributed by atoms with Crippen LogP contribution in [0.2, 0.25) is 0 Å². The number of nitrogens with zero attached hydrogens (tertiary/aromatic N) is 4. The average Bonchev–Trinajstić information content (AvgIpc) is 2.80. The fourth-order valence-electron chi connectivity index (χ4n) is 3.50. The Morgan fingerprint density at radius 3 is 2.39 bits per heavy atom. The van der Waals surface area contributed by atoms with Gasteiger partial charge < -0.3 is 0 Å². The smallest absolute Gasteiger partial charge is 0.292 e. The van der Waals surface area contributed by atoms with E-state index in [0.29, 0.717) is 22.6 Å². The highest BCUT2D eigenvalue weighted by atomic mass is 16.2. The molecule has 0 bridgehead atoms. The quantitative estimate of drug-likeness (QED) is 0.453. The Bertz CT molecular complexity index is 1350. The number of rotatable bonds is 6. The van der Waals surface area contributed by atoms with Gasteiger partial charge in [0.2, 0.25) is 0 Å². The van der Waals surface area contributed by atoms with Crippen molar-refractivity contribution in [2.75, 3.05) is 0 Å². The second kappa shape index (κ2) is 8.47. The molecule has 0 aliphatic rings. The van der Waals surface area contributed by atoms with Gasteiger partial charge in [-0.3, -0.25) is 23.7 Å². The zero-order valence-corrected chi connectivity index (χ0v) is 17.4. The largest absolute Gasteiger partial charge is 0.332 e. The molecule has 0 amide bonds. The van der Waals surface area contributed by atoms with Gasteiger partial charge in [0.15, 0.2) is 11.3 Å². The first kappa shape index (κ1) is 20.4. The van der Waals surface area contributed by atoms with Gasteiger partial charge in [-0.1, -0.05) is 44.2 Å². The SMILES string of the molecule is CC(C)c1ccc(C(=O)Cn2c(=O)n(Cc3cccnc3)c(=O)c3ncccc32)cc1. The van der Waals surface area contributed by atoms with Crippen LogP contribution >= 0.6 is 0 Å². The Labute approximate surface area is 178 Å². The van der Waals surface area contributed by atoms with E-state index in [1.165, 1.54) is 10.8 Å². The molecule has 0 fully saturated rings. The molecule has 0 aliphatic carbocycles. The predicted molar refractivity (Wildman–Crippen MR) is 118 cm³/mol. The summed E-state index contributed by atoms with van der Waals surface area (Å²) in [5, 5.41) is 0. The van der Waals surface area contributed by atoms with Crippen molar-refractivity contribution >= 4 is 16.8 Å². The third kappa shape index (κ3) is 4.07. The molecule has 0 saturated heterocycles. The van der Waals surface area contributed by atoms with E-state index in [4.69, 9.17) is 0 Å². The van der Waals surface area contributed by atoms with Crippen molar-refractivity contribution in [2.24, 2.45) is 0 Å². The summed E-state index contributed by atoms with van der Waals surface area (Å²) in [6, 6.07) is 14.2. The molecule has 7 heteroatoms. The topological polar surface area (TPSA) is 86.9 Å². The Balaban J connectivity index is 1.78. The van der Waals surface area contributed by atoms with Crippen LogP contribution in [0.4, 0.5) is 0 Å². The normalized spacial score (nSPS) is 11.2. The summed E-state index contributed by atoms with van der Waals surface area (Å²) in [7, 11) is 0. The van der Waals surface area contributed by atoms with Gasteiger partial charge in [0.05, 0.1) is 18.6 Å². The monoisotopic (exact) mass is 414 g/mol. The molecular weight excluding hydrogens is 392 g/mol. The molecule has 0 atom stereocenters. The molecule has 0 saturated carbocycles. The maximum absolute atomic E-state index is 13.2. The van der Waals surface area contributed by atoms with E-state index in [-0.39, 0.29) is 24.4 Å². The van der Waals surface area contributed by atoms with Gasteiger partial charge in [0.1, 0.15) is 0 Å². The van der Waals surface area contributed by atoms with E-state index < -0.39 is 11.2 Å². The summed E-state index contributed by atoms with van der Waals surface area (Å²) in [5.74, 6) is 0.145. The number of carbonyl (C=O) groups excluding carboxylic acids is 1. The summed E-state index contributed by atoms with van der Waals surface area (Å²) in [6.07, 6.45) is 4.72. The summed E-state index contributed by atoms with van der Waals surface area (Å²) >= 11 is 0. The molecule has 31 heavy (non-hydrogen) atoms.